The number of carboxylic acid groups (broad SMARTS) is 1. The maximum Gasteiger partial charge on any atom is 0.490 e. The highest BCUT2D eigenvalue weighted by Crippen LogP contribution is 2.38. The summed E-state index contributed by atoms with van der Waals surface area (Å²) in [6, 6.07) is 2.95. The van der Waals surface area contributed by atoms with Gasteiger partial charge < -0.3 is 19.9 Å². The Morgan fingerprint density at radius 1 is 1.21 bits per heavy atom. The molecule has 0 spiro atoms. The number of Topliss-reactive ketones (excluding diaryl/α,β-unsaturated/α-hetero) is 1. The van der Waals surface area contributed by atoms with E-state index in [1.165, 1.54) is 6.20 Å². The Labute approximate surface area is 188 Å². The maximum absolute atomic E-state index is 14.8. The molecule has 1 aliphatic heterocycles. The van der Waals surface area contributed by atoms with Crippen LogP contribution >= 0.6 is 0 Å². The lowest BCUT2D eigenvalue weighted by molar-refractivity contribution is -0.465. The summed E-state index contributed by atoms with van der Waals surface area (Å²) < 4.78 is 48.3. The van der Waals surface area contributed by atoms with Crippen LogP contribution in [0.25, 0.3) is 10.9 Å². The molecule has 0 bridgehead atoms. The first-order valence-electron chi connectivity index (χ1n) is 10.2. The molecule has 34 heavy (non-hydrogen) atoms. The van der Waals surface area contributed by atoms with Gasteiger partial charge in [-0.25, -0.2) is 9.18 Å². The van der Waals surface area contributed by atoms with Crippen molar-refractivity contribution in [2.24, 2.45) is 0 Å². The van der Waals surface area contributed by atoms with Crippen molar-refractivity contribution in [1.82, 2.24) is 9.88 Å². The van der Waals surface area contributed by atoms with Crippen LogP contribution in [0.3, 0.4) is 0 Å². The van der Waals surface area contributed by atoms with E-state index >= 15 is 0 Å². The highest BCUT2D eigenvalue weighted by Gasteiger charge is 2.38. The number of rotatable bonds is 5. The standard InChI is InChI=1S/C18H19FN4O4.C2HF3O2/c19-14-7-12-15(8-16(14)21-5-3-20-4-6-21)22(11-1-2-11)9-13(18(12)25)17(24)10-23(26)27;3-2(4,5)1(6)7/h7-9,11,20H,1-6,10H2;(H,6,7). The monoisotopic (exact) mass is 488 g/mol. The van der Waals surface area contributed by atoms with Gasteiger partial charge in [-0.15, -0.1) is 0 Å². The van der Waals surface area contributed by atoms with Gasteiger partial charge in [0.2, 0.25) is 11.2 Å². The van der Waals surface area contributed by atoms with Gasteiger partial charge in [0.15, 0.2) is 0 Å². The van der Waals surface area contributed by atoms with E-state index in [-0.39, 0.29) is 17.0 Å². The van der Waals surface area contributed by atoms with E-state index in [0.29, 0.717) is 24.3 Å². The van der Waals surface area contributed by atoms with Gasteiger partial charge in [-0.1, -0.05) is 0 Å². The van der Waals surface area contributed by atoms with Gasteiger partial charge in [0.05, 0.1) is 16.8 Å². The van der Waals surface area contributed by atoms with Crippen LogP contribution in [0.15, 0.2) is 23.1 Å². The number of carboxylic acids is 1. The molecule has 1 saturated heterocycles. The molecule has 4 rings (SSSR count). The van der Waals surface area contributed by atoms with Gasteiger partial charge >= 0.3 is 12.1 Å². The number of nitrogens with one attached hydrogen (secondary N) is 1. The molecule has 1 aromatic carbocycles. The molecule has 2 heterocycles. The summed E-state index contributed by atoms with van der Waals surface area (Å²) in [6.45, 7) is 1.88. The Kier molecular flexibility index (Phi) is 7.19. The predicted octanol–water partition coefficient (Wildman–Crippen LogP) is 1.98. The minimum atomic E-state index is -5.08. The van der Waals surface area contributed by atoms with E-state index < -0.39 is 40.6 Å². The fraction of sp³-hybridized carbons (Fsp3) is 0.450. The number of piperazine rings is 1. The summed E-state index contributed by atoms with van der Waals surface area (Å²) in [7, 11) is 0. The third-order valence-electron chi connectivity index (χ3n) is 5.31. The summed E-state index contributed by atoms with van der Waals surface area (Å²) in [5.74, 6) is -4.14. The number of aliphatic carboxylic acids is 1. The molecule has 0 atom stereocenters. The van der Waals surface area contributed by atoms with Crippen molar-refractivity contribution in [2.75, 3.05) is 37.6 Å². The minimum Gasteiger partial charge on any atom is -0.475 e. The molecule has 10 nitrogen and oxygen atoms in total. The second-order valence-corrected chi connectivity index (χ2v) is 7.79. The van der Waals surface area contributed by atoms with Gasteiger partial charge in [0, 0.05) is 48.7 Å². The van der Waals surface area contributed by atoms with Crippen LogP contribution in [0.5, 0.6) is 0 Å². The third kappa shape index (κ3) is 5.68. The molecule has 2 aliphatic rings. The number of benzene rings is 1. The van der Waals surface area contributed by atoms with E-state index in [4.69, 9.17) is 9.90 Å². The highest BCUT2D eigenvalue weighted by atomic mass is 19.4. The van der Waals surface area contributed by atoms with Crippen LogP contribution in [-0.4, -0.2) is 65.2 Å². The molecule has 0 radical (unpaired) electrons. The number of alkyl halides is 3. The van der Waals surface area contributed by atoms with Crippen LogP contribution in [0.4, 0.5) is 23.2 Å². The smallest absolute Gasteiger partial charge is 0.475 e. The summed E-state index contributed by atoms with van der Waals surface area (Å²) in [6.07, 6.45) is -1.89. The number of nitrogens with zero attached hydrogens (tertiary/aromatic N) is 3. The van der Waals surface area contributed by atoms with Crippen molar-refractivity contribution >= 4 is 28.3 Å². The van der Waals surface area contributed by atoms with Crippen molar-refractivity contribution < 1.29 is 37.2 Å². The number of fused-ring (bicyclic) bond motifs is 1. The fourth-order valence-corrected chi connectivity index (χ4v) is 3.56. The molecule has 1 saturated carbocycles. The van der Waals surface area contributed by atoms with E-state index in [2.05, 4.69) is 5.32 Å². The van der Waals surface area contributed by atoms with Crippen molar-refractivity contribution in [3.05, 3.63) is 50.0 Å². The quantitative estimate of drug-likeness (QED) is 0.282. The Morgan fingerprint density at radius 2 is 1.79 bits per heavy atom. The number of anilines is 1. The Bertz CT molecular complexity index is 1190. The van der Waals surface area contributed by atoms with Gasteiger partial charge in [0.25, 0.3) is 6.54 Å². The lowest BCUT2D eigenvalue weighted by Crippen LogP contribution is -2.43. The first-order valence-corrected chi connectivity index (χ1v) is 10.2. The van der Waals surface area contributed by atoms with Crippen LogP contribution in [0.2, 0.25) is 0 Å². The first kappa shape index (κ1) is 25.1. The summed E-state index contributed by atoms with van der Waals surface area (Å²) in [5.41, 5.74) is 0.0946. The lowest BCUT2D eigenvalue weighted by atomic mass is 10.1. The molecule has 184 valence electrons. The number of hydrogen-bond acceptors (Lipinski definition) is 7. The second kappa shape index (κ2) is 9.75. The number of pyridine rings is 1. The zero-order chi connectivity index (χ0) is 25.2. The Hall–Kier alpha value is -3.55. The summed E-state index contributed by atoms with van der Waals surface area (Å²) in [5, 5.41) is 21.1. The van der Waals surface area contributed by atoms with E-state index in [1.54, 1.807) is 10.6 Å². The lowest BCUT2D eigenvalue weighted by Gasteiger charge is -2.30. The molecule has 2 N–H and O–H groups in total. The van der Waals surface area contributed by atoms with Gasteiger partial charge in [0.1, 0.15) is 5.82 Å². The molecule has 0 amide bonds. The number of ketones is 1. The van der Waals surface area contributed by atoms with Gasteiger partial charge in [-0.3, -0.25) is 19.7 Å². The predicted molar refractivity (Wildman–Crippen MR) is 111 cm³/mol. The number of hydrogen-bond donors (Lipinski definition) is 2. The first-order chi connectivity index (χ1) is 15.9. The number of carbonyl (C=O) groups is 2. The summed E-state index contributed by atoms with van der Waals surface area (Å²) >= 11 is 0. The SMILES string of the molecule is O=C(C[N+](=O)[O-])c1cn(C2CC2)c2cc(N3CCNCC3)c(F)cc2c1=O.O=C(O)C(F)(F)F. The average Bonchev–Trinajstić information content (AvgIpc) is 3.59. The van der Waals surface area contributed by atoms with Crippen LogP contribution in [-0.2, 0) is 4.79 Å². The van der Waals surface area contributed by atoms with E-state index in [9.17, 15) is 37.3 Å². The van der Waals surface area contributed by atoms with Crippen LogP contribution < -0.4 is 15.6 Å². The van der Waals surface area contributed by atoms with E-state index in [1.807, 2.05) is 4.90 Å². The normalized spacial score (nSPS) is 16.1. The average molecular weight is 488 g/mol. The van der Waals surface area contributed by atoms with Crippen LogP contribution in [0.1, 0.15) is 29.2 Å². The topological polar surface area (TPSA) is 135 Å². The van der Waals surface area contributed by atoms with E-state index in [0.717, 1.165) is 32.0 Å². The van der Waals surface area contributed by atoms with Crippen LogP contribution in [0, 0.1) is 15.9 Å². The van der Waals surface area contributed by atoms with Crippen molar-refractivity contribution in [1.29, 1.82) is 0 Å². The molecule has 14 heteroatoms. The Balaban J connectivity index is 0.000000406. The number of carbonyl (C=O) groups excluding carboxylic acids is 1. The van der Waals surface area contributed by atoms with Crippen molar-refractivity contribution in [3.63, 3.8) is 0 Å². The highest BCUT2D eigenvalue weighted by molar-refractivity contribution is 6.00. The third-order valence-corrected chi connectivity index (χ3v) is 5.31. The second-order valence-electron chi connectivity index (χ2n) is 7.79. The Morgan fingerprint density at radius 3 is 2.29 bits per heavy atom. The maximum atomic E-state index is 14.8. The molecule has 1 aromatic heterocycles. The van der Waals surface area contributed by atoms with Crippen molar-refractivity contribution in [3.8, 4) is 0 Å². The minimum absolute atomic E-state index is 0.0903. The number of halogens is 4. The number of nitro groups is 1. The molecule has 0 unspecified atom stereocenters. The zero-order valence-corrected chi connectivity index (χ0v) is 17.6. The van der Waals surface area contributed by atoms with Gasteiger partial charge in [-0.05, 0) is 25.0 Å². The molecule has 2 fully saturated rings. The largest absolute Gasteiger partial charge is 0.490 e. The fourth-order valence-electron chi connectivity index (χ4n) is 3.56. The van der Waals surface area contributed by atoms with Crippen molar-refractivity contribution in [2.45, 2.75) is 25.1 Å². The molecule has 1 aliphatic carbocycles. The number of aromatic nitrogens is 1. The molecular formula is C20H20F4N4O6. The zero-order valence-electron chi connectivity index (χ0n) is 17.6. The molecular weight excluding hydrogens is 468 g/mol. The summed E-state index contributed by atoms with van der Waals surface area (Å²) in [4.78, 5) is 45.6. The molecule has 2 aromatic rings. The van der Waals surface area contributed by atoms with Gasteiger partial charge in [-0.2, -0.15) is 13.2 Å².